The minimum atomic E-state index is -4.99. The van der Waals surface area contributed by atoms with E-state index >= 15 is 0 Å². The Morgan fingerprint density at radius 3 is 2.12 bits per heavy atom. The molecule has 0 atom stereocenters. The van der Waals surface area contributed by atoms with E-state index in [4.69, 9.17) is 0 Å². The number of carbonyl (C=O) groups excluding carboxylic acids is 2. The van der Waals surface area contributed by atoms with Crippen LogP contribution in [0, 0.1) is 6.92 Å². The third-order valence-electron chi connectivity index (χ3n) is 8.40. The van der Waals surface area contributed by atoms with Gasteiger partial charge in [-0.1, -0.05) is 18.2 Å². The van der Waals surface area contributed by atoms with Crippen LogP contribution in [-0.2, 0) is 35.1 Å². The maximum Gasteiger partial charge on any atom is 0.296 e. The number of rotatable bonds is 10. The van der Waals surface area contributed by atoms with Crippen molar-refractivity contribution in [2.75, 3.05) is 10.7 Å². The predicted octanol–water partition coefficient (Wildman–Crippen LogP) is 5.37. The summed E-state index contributed by atoms with van der Waals surface area (Å²) in [7, 11) is -14.0. The molecule has 290 valence electrons. The number of benzene rings is 4. The van der Waals surface area contributed by atoms with Crippen molar-refractivity contribution < 1.29 is 48.5 Å². The first-order chi connectivity index (χ1) is 26.8. The Kier molecular flexibility index (Phi) is 10.1. The summed E-state index contributed by atoms with van der Waals surface area (Å²) in [5, 5.41) is 11.0. The summed E-state index contributed by atoms with van der Waals surface area (Å²) < 4.78 is 101. The summed E-state index contributed by atoms with van der Waals surface area (Å²) in [5.41, 5.74) is 7.76. The molecule has 0 bridgehead atoms. The summed E-state index contributed by atoms with van der Waals surface area (Å²) in [6.45, 7) is 1.58. The van der Waals surface area contributed by atoms with Gasteiger partial charge in [0.2, 0.25) is 11.6 Å². The monoisotopic (exact) mass is 846 g/mol. The zero-order valence-corrected chi connectivity index (χ0v) is 32.2. The van der Waals surface area contributed by atoms with Crippen molar-refractivity contribution in [3.8, 4) is 10.6 Å². The van der Waals surface area contributed by atoms with Crippen LogP contribution in [0.2, 0.25) is 0 Å². The van der Waals surface area contributed by atoms with Crippen molar-refractivity contribution in [1.82, 2.24) is 10.4 Å². The third-order valence-corrected chi connectivity index (χ3v) is 12.4. The fourth-order valence-corrected chi connectivity index (χ4v) is 9.23. The fraction of sp³-hybridized carbons (Fsp3) is 0.0278. The van der Waals surface area contributed by atoms with Gasteiger partial charge in [-0.25, -0.2) is 4.98 Å². The van der Waals surface area contributed by atoms with Gasteiger partial charge in [0.05, 0.1) is 26.5 Å². The van der Waals surface area contributed by atoms with E-state index in [1.165, 1.54) is 54.6 Å². The Balaban J connectivity index is 1.05. The second kappa shape index (κ2) is 14.7. The van der Waals surface area contributed by atoms with Gasteiger partial charge in [-0.15, -0.1) is 21.5 Å². The molecule has 7 rings (SSSR count). The number of carbonyl (C=O) groups is 2. The van der Waals surface area contributed by atoms with Gasteiger partial charge in [0.1, 0.15) is 20.5 Å². The highest BCUT2D eigenvalue weighted by Gasteiger charge is 2.33. The quantitative estimate of drug-likeness (QED) is 0.0586. The summed E-state index contributed by atoms with van der Waals surface area (Å²) in [6.07, 6.45) is 4.93. The Labute approximate surface area is 328 Å². The highest BCUT2D eigenvalue weighted by atomic mass is 32.2. The second-order valence-electron chi connectivity index (χ2n) is 12.4. The molecule has 0 spiro atoms. The van der Waals surface area contributed by atoms with Gasteiger partial charge < -0.3 is 16.2 Å². The standard InChI is InChI=1S/C36H26N6O11S4/c1-19-5-13-29-34(35(19)57(51,52)53)54-36(38-29)20-6-9-22(10-7-20)39-40-25-12-14-28(30(43)18-25)41-42-32-31(56(48,49)50)15-21-8-11-24(17-27(21)33(32)44)37-23-3-2-4-26(16-23)55(45,46)47/h2-18,37,39-40H,1H3,(H,45,46,47)(H,48,49,50)(H,51,52,53)/b41-28-,42-32+. The van der Waals surface area contributed by atoms with Crippen LogP contribution < -0.4 is 16.2 Å². The molecule has 0 saturated carbocycles. The Morgan fingerprint density at radius 1 is 0.719 bits per heavy atom. The minimum absolute atomic E-state index is 0.0465. The molecule has 0 fully saturated rings. The third kappa shape index (κ3) is 8.34. The number of aryl methyl sites for hydroxylation is 1. The second-order valence-corrected chi connectivity index (χ2v) is 17.5. The van der Waals surface area contributed by atoms with E-state index < -0.39 is 52.5 Å². The highest BCUT2D eigenvalue weighted by Crippen LogP contribution is 2.36. The molecule has 57 heavy (non-hydrogen) atoms. The minimum Gasteiger partial charge on any atom is -0.355 e. The lowest BCUT2D eigenvalue weighted by Crippen LogP contribution is -2.26. The van der Waals surface area contributed by atoms with Crippen molar-refractivity contribution in [3.05, 3.63) is 124 Å². The number of hydrazine groups is 1. The summed E-state index contributed by atoms with van der Waals surface area (Å²) in [4.78, 5) is 29.6. The Morgan fingerprint density at radius 2 is 1.44 bits per heavy atom. The van der Waals surface area contributed by atoms with Crippen LogP contribution in [0.1, 0.15) is 21.5 Å². The van der Waals surface area contributed by atoms with E-state index in [-0.39, 0.29) is 38.0 Å². The molecule has 0 saturated heterocycles. The van der Waals surface area contributed by atoms with Crippen LogP contribution in [0.5, 0.6) is 0 Å². The van der Waals surface area contributed by atoms with Crippen LogP contribution >= 0.6 is 11.3 Å². The highest BCUT2D eigenvalue weighted by molar-refractivity contribution is 7.91. The van der Waals surface area contributed by atoms with Crippen LogP contribution in [0.15, 0.2) is 128 Å². The van der Waals surface area contributed by atoms with Gasteiger partial charge in [0.25, 0.3) is 30.4 Å². The average molecular weight is 847 g/mol. The van der Waals surface area contributed by atoms with Crippen molar-refractivity contribution >= 4 is 98.0 Å². The molecule has 1 heterocycles. The average Bonchev–Trinajstić information content (AvgIpc) is 3.57. The number of hydrogen-bond acceptors (Lipinski definition) is 15. The number of fused-ring (bicyclic) bond motifs is 2. The zero-order valence-electron chi connectivity index (χ0n) is 28.9. The molecule has 0 amide bonds. The van der Waals surface area contributed by atoms with Crippen molar-refractivity contribution in [1.29, 1.82) is 0 Å². The van der Waals surface area contributed by atoms with Crippen LogP contribution in [0.4, 0.5) is 17.1 Å². The van der Waals surface area contributed by atoms with E-state index in [2.05, 4.69) is 31.4 Å². The molecular weight excluding hydrogens is 821 g/mol. The van der Waals surface area contributed by atoms with Crippen molar-refractivity contribution in [2.24, 2.45) is 10.2 Å². The predicted molar refractivity (Wildman–Crippen MR) is 213 cm³/mol. The molecule has 1 aromatic heterocycles. The first kappa shape index (κ1) is 39.1. The van der Waals surface area contributed by atoms with Gasteiger partial charge in [0, 0.05) is 28.6 Å². The number of aromatic nitrogens is 1. The maximum atomic E-state index is 13.6. The van der Waals surface area contributed by atoms with E-state index in [0.29, 0.717) is 37.7 Å². The van der Waals surface area contributed by atoms with Gasteiger partial charge in [0.15, 0.2) is 5.71 Å². The Hall–Kier alpha value is -6.20. The van der Waals surface area contributed by atoms with Crippen LogP contribution in [0.3, 0.4) is 0 Å². The first-order valence-electron chi connectivity index (χ1n) is 16.2. The summed E-state index contributed by atoms with van der Waals surface area (Å²) >= 11 is 1.12. The normalized spacial score (nSPS) is 16.1. The maximum absolute atomic E-state index is 13.6. The molecule has 0 aliphatic heterocycles. The molecule has 17 nitrogen and oxygen atoms in total. The molecule has 21 heteroatoms. The van der Waals surface area contributed by atoms with E-state index in [0.717, 1.165) is 23.5 Å². The number of nitrogens with one attached hydrogen (secondary N) is 3. The number of anilines is 3. The SMILES string of the molecule is Cc1ccc2nc(-c3ccc(NNC4=CC(=O)/C(=N\N=C5\C(=O)c6cc(Nc7cccc(S(=O)(=O)O)c7)ccc6C=C5S(=O)(=O)O)C=C4)cc3)sc2c1S(=O)(=O)O. The fourth-order valence-electron chi connectivity index (χ4n) is 5.73. The molecule has 2 aliphatic rings. The molecule has 0 radical (unpaired) electrons. The summed E-state index contributed by atoms with van der Waals surface area (Å²) in [6, 6.07) is 19.6. The molecule has 5 aromatic rings. The topological polar surface area (TPSA) is 271 Å². The lowest BCUT2D eigenvalue weighted by atomic mass is 9.94. The number of hydrogen-bond donors (Lipinski definition) is 6. The number of thiazole rings is 1. The first-order valence-corrected chi connectivity index (χ1v) is 21.3. The Bertz CT molecular complexity index is 3060. The molecular formula is C36H26N6O11S4. The number of ketones is 2. The molecule has 2 aliphatic carbocycles. The van der Waals surface area contributed by atoms with Crippen LogP contribution in [0.25, 0.3) is 26.9 Å². The smallest absolute Gasteiger partial charge is 0.296 e. The summed E-state index contributed by atoms with van der Waals surface area (Å²) in [5.74, 6) is -1.60. The van der Waals surface area contributed by atoms with E-state index in [1.54, 1.807) is 43.3 Å². The van der Waals surface area contributed by atoms with Gasteiger partial charge >= 0.3 is 0 Å². The van der Waals surface area contributed by atoms with Gasteiger partial charge in [-0.3, -0.25) is 23.2 Å². The van der Waals surface area contributed by atoms with E-state index in [9.17, 15) is 48.5 Å². The van der Waals surface area contributed by atoms with Crippen molar-refractivity contribution in [2.45, 2.75) is 16.7 Å². The zero-order chi connectivity index (χ0) is 40.9. The number of Topliss-reactive ketones (excluding diaryl/α,β-unsaturated/α-hetero) is 1. The largest absolute Gasteiger partial charge is 0.355 e. The lowest BCUT2D eigenvalue weighted by Gasteiger charge is -2.17. The van der Waals surface area contributed by atoms with Crippen LogP contribution in [-0.4, -0.2) is 66.9 Å². The number of nitrogens with zero attached hydrogens (tertiary/aromatic N) is 3. The van der Waals surface area contributed by atoms with Crippen molar-refractivity contribution in [3.63, 3.8) is 0 Å². The molecule has 4 aromatic carbocycles. The molecule has 6 N–H and O–H groups in total. The van der Waals surface area contributed by atoms with Gasteiger partial charge in [-0.05, 0) is 96.9 Å². The number of allylic oxidation sites excluding steroid dienone is 4. The lowest BCUT2D eigenvalue weighted by molar-refractivity contribution is -0.108. The molecule has 0 unspecified atom stereocenters. The van der Waals surface area contributed by atoms with Gasteiger partial charge in [-0.2, -0.15) is 25.3 Å². The van der Waals surface area contributed by atoms with E-state index in [1.807, 2.05) is 0 Å².